The molecule has 1 aliphatic rings. The quantitative estimate of drug-likeness (QED) is 0.749. The molecule has 21 heavy (non-hydrogen) atoms. The van der Waals surface area contributed by atoms with E-state index in [1.807, 2.05) is 6.92 Å². The van der Waals surface area contributed by atoms with Gasteiger partial charge in [-0.1, -0.05) is 12.1 Å². The molecule has 0 amide bonds. The fourth-order valence-electron chi connectivity index (χ4n) is 3.15. The van der Waals surface area contributed by atoms with Crippen molar-refractivity contribution in [3.05, 3.63) is 46.6 Å². The van der Waals surface area contributed by atoms with Gasteiger partial charge in [-0.25, -0.2) is 4.98 Å². The Hall–Kier alpha value is -2.36. The summed E-state index contributed by atoms with van der Waals surface area (Å²) in [5.74, 6) is 0.898. The summed E-state index contributed by atoms with van der Waals surface area (Å²) in [5.41, 5.74) is 7.07. The van der Waals surface area contributed by atoms with Crippen molar-refractivity contribution in [1.82, 2.24) is 15.2 Å². The molecule has 0 atom stereocenters. The molecule has 4 nitrogen and oxygen atoms in total. The smallest absolute Gasteiger partial charge is 0.183 e. The van der Waals surface area contributed by atoms with E-state index in [9.17, 15) is 0 Å². The number of aromatic nitrogens is 3. The lowest BCUT2D eigenvalue weighted by Gasteiger charge is -2.12. The molecule has 2 aromatic heterocycles. The van der Waals surface area contributed by atoms with Crippen LogP contribution in [0.5, 0.6) is 0 Å². The Balaban J connectivity index is 1.78. The van der Waals surface area contributed by atoms with Gasteiger partial charge in [0.15, 0.2) is 5.65 Å². The molecule has 4 rings (SSSR count). The van der Waals surface area contributed by atoms with E-state index in [2.05, 4.69) is 51.7 Å². The van der Waals surface area contributed by atoms with Gasteiger partial charge in [-0.2, -0.15) is 5.10 Å². The van der Waals surface area contributed by atoms with Crippen LogP contribution < -0.4 is 5.32 Å². The number of anilines is 2. The van der Waals surface area contributed by atoms with Gasteiger partial charge >= 0.3 is 0 Å². The molecule has 1 aromatic carbocycles. The maximum Gasteiger partial charge on any atom is 0.183 e. The van der Waals surface area contributed by atoms with Crippen LogP contribution in [0, 0.1) is 13.8 Å². The van der Waals surface area contributed by atoms with Crippen molar-refractivity contribution in [3.63, 3.8) is 0 Å². The van der Waals surface area contributed by atoms with Crippen LogP contribution in [0.25, 0.3) is 11.0 Å². The Morgan fingerprint density at radius 2 is 2.10 bits per heavy atom. The van der Waals surface area contributed by atoms with Gasteiger partial charge in [-0.15, -0.1) is 0 Å². The predicted molar refractivity (Wildman–Crippen MR) is 85.1 cm³/mol. The van der Waals surface area contributed by atoms with E-state index in [-0.39, 0.29) is 0 Å². The van der Waals surface area contributed by atoms with Crippen molar-refractivity contribution < 1.29 is 0 Å². The van der Waals surface area contributed by atoms with Crippen LogP contribution in [-0.2, 0) is 12.8 Å². The summed E-state index contributed by atoms with van der Waals surface area (Å²) < 4.78 is 0. The van der Waals surface area contributed by atoms with Gasteiger partial charge < -0.3 is 5.32 Å². The van der Waals surface area contributed by atoms with Crippen LogP contribution in [0.1, 0.15) is 28.8 Å². The van der Waals surface area contributed by atoms with E-state index in [1.165, 1.54) is 29.7 Å². The molecule has 4 heteroatoms. The van der Waals surface area contributed by atoms with Crippen LogP contribution in [0.15, 0.2) is 24.3 Å². The van der Waals surface area contributed by atoms with Crippen molar-refractivity contribution in [2.75, 3.05) is 5.32 Å². The molecule has 1 aliphatic carbocycles. The fourth-order valence-corrected chi connectivity index (χ4v) is 3.15. The van der Waals surface area contributed by atoms with Crippen molar-refractivity contribution in [1.29, 1.82) is 0 Å². The van der Waals surface area contributed by atoms with Gasteiger partial charge in [-0.3, -0.25) is 5.10 Å². The van der Waals surface area contributed by atoms with Crippen LogP contribution >= 0.6 is 0 Å². The number of aryl methyl sites for hydroxylation is 3. The van der Waals surface area contributed by atoms with Gasteiger partial charge in [0.1, 0.15) is 5.82 Å². The van der Waals surface area contributed by atoms with Crippen LogP contribution in [-0.4, -0.2) is 15.2 Å². The average Bonchev–Trinajstić information content (AvgIpc) is 3.08. The van der Waals surface area contributed by atoms with E-state index in [4.69, 9.17) is 0 Å². The number of hydrogen-bond donors (Lipinski definition) is 2. The normalized spacial score (nSPS) is 13.6. The van der Waals surface area contributed by atoms with Crippen molar-refractivity contribution in [2.45, 2.75) is 33.1 Å². The van der Waals surface area contributed by atoms with Crippen LogP contribution in [0.4, 0.5) is 11.5 Å². The maximum atomic E-state index is 4.66. The zero-order valence-corrected chi connectivity index (χ0v) is 12.3. The third-order valence-corrected chi connectivity index (χ3v) is 4.33. The Labute approximate surface area is 123 Å². The lowest BCUT2D eigenvalue weighted by atomic mass is 10.1. The van der Waals surface area contributed by atoms with E-state index in [1.54, 1.807) is 0 Å². The van der Waals surface area contributed by atoms with E-state index < -0.39 is 0 Å². The zero-order chi connectivity index (χ0) is 14.4. The molecule has 3 aromatic rings. The van der Waals surface area contributed by atoms with Crippen molar-refractivity contribution in [2.24, 2.45) is 0 Å². The third kappa shape index (κ3) is 1.98. The predicted octanol–water partition coefficient (Wildman–Crippen LogP) is 3.81. The second kappa shape index (κ2) is 4.58. The van der Waals surface area contributed by atoms with Gasteiger partial charge in [-0.05, 0) is 61.9 Å². The summed E-state index contributed by atoms with van der Waals surface area (Å²) in [7, 11) is 0. The number of nitrogens with zero attached hydrogens (tertiary/aromatic N) is 2. The van der Waals surface area contributed by atoms with Gasteiger partial charge in [0.2, 0.25) is 0 Å². The van der Waals surface area contributed by atoms with E-state index in [0.29, 0.717) is 0 Å². The summed E-state index contributed by atoms with van der Waals surface area (Å²) in [6.45, 7) is 4.11. The summed E-state index contributed by atoms with van der Waals surface area (Å²) in [4.78, 5) is 4.66. The number of fused-ring (bicyclic) bond motifs is 2. The number of nitrogens with one attached hydrogen (secondary N) is 2. The van der Waals surface area contributed by atoms with Gasteiger partial charge in [0, 0.05) is 16.8 Å². The molecule has 0 spiro atoms. The first-order valence-corrected chi connectivity index (χ1v) is 7.42. The summed E-state index contributed by atoms with van der Waals surface area (Å²) >= 11 is 0. The molecule has 0 fully saturated rings. The highest BCUT2D eigenvalue weighted by Crippen LogP contribution is 2.31. The summed E-state index contributed by atoms with van der Waals surface area (Å²) in [6, 6.07) is 8.64. The number of aromatic amines is 1. The molecule has 2 heterocycles. The Bertz CT molecular complexity index is 832. The first-order chi connectivity index (χ1) is 10.2. The maximum absolute atomic E-state index is 4.66. The molecular weight excluding hydrogens is 260 g/mol. The second-order valence-electron chi connectivity index (χ2n) is 5.80. The topological polar surface area (TPSA) is 53.6 Å². The van der Waals surface area contributed by atoms with E-state index in [0.717, 1.165) is 34.5 Å². The molecule has 0 saturated heterocycles. The molecule has 106 valence electrons. The largest absolute Gasteiger partial charge is 0.340 e. The van der Waals surface area contributed by atoms with Crippen molar-refractivity contribution in [3.8, 4) is 0 Å². The highest BCUT2D eigenvalue weighted by atomic mass is 15.2. The molecule has 2 N–H and O–H groups in total. The monoisotopic (exact) mass is 278 g/mol. The standard InChI is InChI=1S/C17H18N4/c1-10-9-14-11(2)20-21-17(14)19-16(10)18-15-8-4-6-12-5-3-7-13(12)15/h4,6,8-9H,3,5,7H2,1-2H3,(H2,18,19,20,21). The lowest BCUT2D eigenvalue weighted by molar-refractivity contribution is 0.912. The first kappa shape index (κ1) is 12.4. The van der Waals surface area contributed by atoms with E-state index >= 15 is 0 Å². The first-order valence-electron chi connectivity index (χ1n) is 7.42. The highest BCUT2D eigenvalue weighted by molar-refractivity contribution is 5.81. The Morgan fingerprint density at radius 1 is 1.19 bits per heavy atom. The molecule has 0 bridgehead atoms. The Morgan fingerprint density at radius 3 is 3.00 bits per heavy atom. The average molecular weight is 278 g/mol. The summed E-state index contributed by atoms with van der Waals surface area (Å²) in [5, 5.41) is 11.9. The molecule has 0 unspecified atom stereocenters. The second-order valence-corrected chi connectivity index (χ2v) is 5.80. The van der Waals surface area contributed by atoms with Gasteiger partial charge in [0.25, 0.3) is 0 Å². The van der Waals surface area contributed by atoms with Crippen LogP contribution in [0.3, 0.4) is 0 Å². The highest BCUT2D eigenvalue weighted by Gasteiger charge is 2.15. The van der Waals surface area contributed by atoms with Gasteiger partial charge in [0.05, 0.1) is 0 Å². The number of H-pyrrole nitrogens is 1. The minimum Gasteiger partial charge on any atom is -0.340 e. The minimum absolute atomic E-state index is 0.771. The lowest BCUT2D eigenvalue weighted by Crippen LogP contribution is -2.00. The zero-order valence-electron chi connectivity index (χ0n) is 12.3. The Kier molecular flexibility index (Phi) is 2.70. The SMILES string of the molecule is Cc1cc2c(C)[nH]nc2nc1Nc1cccc2c1CCC2. The third-order valence-electron chi connectivity index (χ3n) is 4.33. The number of rotatable bonds is 2. The fraction of sp³-hybridized carbons (Fsp3) is 0.294. The molecule has 0 radical (unpaired) electrons. The minimum atomic E-state index is 0.771. The number of pyridine rings is 1. The molecule has 0 saturated carbocycles. The van der Waals surface area contributed by atoms with Crippen LogP contribution in [0.2, 0.25) is 0 Å². The van der Waals surface area contributed by atoms with Crippen molar-refractivity contribution >= 4 is 22.5 Å². The number of benzene rings is 1. The number of hydrogen-bond acceptors (Lipinski definition) is 3. The summed E-state index contributed by atoms with van der Waals surface area (Å²) in [6.07, 6.45) is 3.59. The molecular formula is C17H18N4. The molecule has 0 aliphatic heterocycles.